The van der Waals surface area contributed by atoms with E-state index in [0.717, 1.165) is 49.9 Å². The molecule has 1 heterocycles. The number of para-hydroxylation sites is 3. The number of ether oxygens (including phenoxy) is 2. The fraction of sp³-hybridized carbons (Fsp3) is 0.333. The molecule has 4 rings (SSSR count). The van der Waals surface area contributed by atoms with Crippen LogP contribution in [0.2, 0.25) is 6.04 Å². The summed E-state index contributed by atoms with van der Waals surface area (Å²) in [7, 11) is -3.22. The molecule has 0 N–H and O–H groups in total. The molecule has 0 aromatic heterocycles. The van der Waals surface area contributed by atoms with Crippen LogP contribution in [0.1, 0.15) is 19.8 Å². The highest BCUT2D eigenvalue weighted by molar-refractivity contribution is 6.63. The Bertz CT molecular complexity index is 841. The van der Waals surface area contributed by atoms with Gasteiger partial charge in [0.1, 0.15) is 17.2 Å². The van der Waals surface area contributed by atoms with Crippen LogP contribution in [0.25, 0.3) is 0 Å². The van der Waals surface area contributed by atoms with Crippen molar-refractivity contribution in [2.45, 2.75) is 25.8 Å². The summed E-state index contributed by atoms with van der Waals surface area (Å²) >= 11 is 0. The van der Waals surface area contributed by atoms with Crippen LogP contribution in [0.15, 0.2) is 91.0 Å². The zero-order valence-electron chi connectivity index (χ0n) is 19.2. The third-order valence-electron chi connectivity index (χ3n) is 5.80. The normalized spacial score (nSPS) is 14.8. The van der Waals surface area contributed by atoms with E-state index in [9.17, 15) is 0 Å². The molecule has 0 aliphatic carbocycles. The Morgan fingerprint density at radius 3 is 1.55 bits per heavy atom. The van der Waals surface area contributed by atoms with Gasteiger partial charge in [0.2, 0.25) is 0 Å². The summed E-state index contributed by atoms with van der Waals surface area (Å²) in [4.78, 5) is 0. The highest BCUT2D eigenvalue weighted by atomic mass is 28.4. The number of benzene rings is 3. The zero-order chi connectivity index (χ0) is 22.8. The quantitative estimate of drug-likeness (QED) is 0.229. The van der Waals surface area contributed by atoms with E-state index in [4.69, 9.17) is 22.8 Å². The van der Waals surface area contributed by atoms with Crippen molar-refractivity contribution in [1.29, 1.82) is 0 Å². The Morgan fingerprint density at radius 2 is 1.18 bits per heavy atom. The van der Waals surface area contributed by atoms with Crippen molar-refractivity contribution in [3.8, 4) is 17.2 Å². The summed E-state index contributed by atoms with van der Waals surface area (Å²) in [6.07, 6.45) is 1.83. The maximum atomic E-state index is 6.53. The second-order valence-electron chi connectivity index (χ2n) is 8.43. The molecular formula is C27H32O5Si. The van der Waals surface area contributed by atoms with Gasteiger partial charge in [-0.3, -0.25) is 0 Å². The Labute approximate surface area is 197 Å². The van der Waals surface area contributed by atoms with Gasteiger partial charge in [-0.05, 0) is 49.2 Å². The minimum absolute atomic E-state index is 0.177. The van der Waals surface area contributed by atoms with Gasteiger partial charge in [0.25, 0.3) is 0 Å². The Balaban J connectivity index is 1.51. The molecule has 0 spiro atoms. The van der Waals surface area contributed by atoms with Crippen LogP contribution in [-0.2, 0) is 9.47 Å². The molecule has 0 bridgehead atoms. The van der Waals surface area contributed by atoms with Gasteiger partial charge in [0.15, 0.2) is 0 Å². The van der Waals surface area contributed by atoms with Crippen LogP contribution in [0.4, 0.5) is 0 Å². The number of hydrogen-bond donors (Lipinski definition) is 0. The van der Waals surface area contributed by atoms with Crippen molar-refractivity contribution in [3.63, 3.8) is 0 Å². The number of hydrogen-bond acceptors (Lipinski definition) is 5. The highest BCUT2D eigenvalue weighted by Crippen LogP contribution is 2.32. The smallest absolute Gasteiger partial charge is 0.483 e. The molecule has 0 atom stereocenters. The van der Waals surface area contributed by atoms with Gasteiger partial charge in [-0.25, -0.2) is 0 Å². The average molecular weight is 465 g/mol. The number of rotatable bonds is 13. The lowest BCUT2D eigenvalue weighted by Crippen LogP contribution is -2.55. The van der Waals surface area contributed by atoms with Crippen molar-refractivity contribution in [2.75, 3.05) is 26.4 Å². The molecule has 6 heteroatoms. The molecule has 0 amide bonds. The van der Waals surface area contributed by atoms with Gasteiger partial charge in [-0.15, -0.1) is 0 Å². The third kappa shape index (κ3) is 6.60. The van der Waals surface area contributed by atoms with Crippen molar-refractivity contribution in [3.05, 3.63) is 91.0 Å². The van der Waals surface area contributed by atoms with Gasteiger partial charge < -0.3 is 22.8 Å². The second kappa shape index (κ2) is 11.4. The molecule has 1 aliphatic rings. The van der Waals surface area contributed by atoms with E-state index in [1.807, 2.05) is 91.0 Å². The van der Waals surface area contributed by atoms with Crippen LogP contribution < -0.4 is 13.3 Å². The minimum atomic E-state index is -3.22. The Kier molecular flexibility index (Phi) is 8.04. The monoisotopic (exact) mass is 464 g/mol. The summed E-state index contributed by atoms with van der Waals surface area (Å²) in [5, 5.41) is 0. The van der Waals surface area contributed by atoms with Gasteiger partial charge in [0.05, 0.1) is 25.9 Å². The highest BCUT2D eigenvalue weighted by Gasteiger charge is 2.49. The van der Waals surface area contributed by atoms with Crippen LogP contribution >= 0.6 is 0 Å². The molecule has 3 aromatic carbocycles. The van der Waals surface area contributed by atoms with Gasteiger partial charge in [0, 0.05) is 12.0 Å². The van der Waals surface area contributed by atoms with Crippen molar-refractivity contribution >= 4 is 8.80 Å². The second-order valence-corrected chi connectivity index (χ2v) is 10.9. The lowest BCUT2D eigenvalue weighted by molar-refractivity contribution is -0.150. The SMILES string of the molecule is CCC1(COCCC[Si](Oc2ccccc2)(Oc2ccccc2)Oc2ccccc2)COC1. The summed E-state index contributed by atoms with van der Waals surface area (Å²) in [6, 6.07) is 29.8. The van der Waals surface area contributed by atoms with E-state index in [1.54, 1.807) is 0 Å². The van der Waals surface area contributed by atoms with Gasteiger partial charge in [-0.1, -0.05) is 61.5 Å². The summed E-state index contributed by atoms with van der Waals surface area (Å²) in [5.41, 5.74) is 0.177. The largest absolute Gasteiger partial charge is 0.699 e. The molecule has 174 valence electrons. The zero-order valence-corrected chi connectivity index (χ0v) is 20.2. The van der Waals surface area contributed by atoms with Crippen molar-refractivity contribution < 1.29 is 22.8 Å². The summed E-state index contributed by atoms with van der Waals surface area (Å²) < 4.78 is 31.0. The van der Waals surface area contributed by atoms with Gasteiger partial charge >= 0.3 is 8.80 Å². The molecule has 1 saturated heterocycles. The first-order valence-electron chi connectivity index (χ1n) is 11.6. The first-order valence-corrected chi connectivity index (χ1v) is 13.5. The predicted molar refractivity (Wildman–Crippen MR) is 131 cm³/mol. The van der Waals surface area contributed by atoms with E-state index in [1.165, 1.54) is 0 Å². The van der Waals surface area contributed by atoms with Crippen molar-refractivity contribution in [2.24, 2.45) is 5.41 Å². The maximum absolute atomic E-state index is 6.53. The van der Waals surface area contributed by atoms with Crippen LogP contribution in [0.3, 0.4) is 0 Å². The molecule has 0 unspecified atom stereocenters. The van der Waals surface area contributed by atoms with Gasteiger partial charge in [-0.2, -0.15) is 0 Å². The average Bonchev–Trinajstić information content (AvgIpc) is 2.82. The Morgan fingerprint density at radius 1 is 0.727 bits per heavy atom. The summed E-state index contributed by atoms with van der Waals surface area (Å²) in [5.74, 6) is 2.19. The first-order chi connectivity index (χ1) is 16.2. The molecule has 33 heavy (non-hydrogen) atoms. The fourth-order valence-corrected chi connectivity index (χ4v) is 6.17. The minimum Gasteiger partial charge on any atom is -0.483 e. The van der Waals surface area contributed by atoms with Crippen molar-refractivity contribution in [1.82, 2.24) is 0 Å². The first kappa shape index (κ1) is 23.4. The molecule has 0 saturated carbocycles. The van der Waals surface area contributed by atoms with Crippen LogP contribution in [0, 0.1) is 5.41 Å². The lowest BCUT2D eigenvalue weighted by atomic mass is 9.84. The van der Waals surface area contributed by atoms with E-state index in [-0.39, 0.29) is 5.41 Å². The molecule has 3 aromatic rings. The van der Waals surface area contributed by atoms with Crippen LogP contribution in [-0.4, -0.2) is 35.2 Å². The standard InChI is InChI=1S/C27H32O5Si/c1-2-27(22-29-23-27)21-28-19-12-20-33(30-24-13-6-3-7-14-24,31-25-15-8-4-9-16-25)32-26-17-10-5-11-18-26/h3-11,13-18H,2,12,19-23H2,1H3. The fourth-order valence-electron chi connectivity index (χ4n) is 3.68. The summed E-state index contributed by atoms with van der Waals surface area (Å²) in [6.45, 7) is 5.10. The van der Waals surface area contributed by atoms with E-state index in [0.29, 0.717) is 12.7 Å². The third-order valence-corrected chi connectivity index (χ3v) is 8.40. The molecule has 0 radical (unpaired) electrons. The molecular weight excluding hydrogens is 432 g/mol. The van der Waals surface area contributed by atoms with E-state index < -0.39 is 8.80 Å². The molecule has 1 fully saturated rings. The van der Waals surface area contributed by atoms with Crippen LogP contribution in [0.5, 0.6) is 17.2 Å². The molecule has 5 nitrogen and oxygen atoms in total. The molecule has 1 aliphatic heterocycles. The van der Waals surface area contributed by atoms with E-state index in [2.05, 4.69) is 6.92 Å². The maximum Gasteiger partial charge on any atom is 0.699 e. The topological polar surface area (TPSA) is 46.2 Å². The lowest BCUT2D eigenvalue weighted by Gasteiger charge is -2.40. The van der Waals surface area contributed by atoms with E-state index >= 15 is 0 Å². The predicted octanol–water partition coefficient (Wildman–Crippen LogP) is 6.00. The Hall–Kier alpha value is -2.80.